The summed E-state index contributed by atoms with van der Waals surface area (Å²) < 4.78 is 10.4. The first-order chi connectivity index (χ1) is 9.90. The summed E-state index contributed by atoms with van der Waals surface area (Å²) in [5.41, 5.74) is 0.0938. The zero-order chi connectivity index (χ0) is 15.7. The lowest BCUT2D eigenvalue weighted by Gasteiger charge is -2.40. The number of aromatic hydroxyl groups is 1. The molecule has 1 saturated heterocycles. The van der Waals surface area contributed by atoms with Crippen LogP contribution >= 0.6 is 11.6 Å². The van der Waals surface area contributed by atoms with Gasteiger partial charge in [0.15, 0.2) is 0 Å². The van der Waals surface area contributed by atoms with Crippen LogP contribution in [0, 0.1) is 0 Å². The third kappa shape index (κ3) is 2.94. The third-order valence-corrected chi connectivity index (χ3v) is 3.79. The third-order valence-electron chi connectivity index (χ3n) is 3.50. The minimum absolute atomic E-state index is 0.0127. The van der Waals surface area contributed by atoms with Crippen LogP contribution in [-0.4, -0.2) is 63.7 Å². The molecule has 5 atom stereocenters. The average molecular weight is 321 g/mol. The van der Waals surface area contributed by atoms with Crippen molar-refractivity contribution in [3.63, 3.8) is 0 Å². The van der Waals surface area contributed by atoms with Gasteiger partial charge >= 0.3 is 0 Å². The molecule has 8 heteroatoms. The van der Waals surface area contributed by atoms with Gasteiger partial charge in [0.05, 0.1) is 18.7 Å². The van der Waals surface area contributed by atoms with Crippen LogP contribution in [0.25, 0.3) is 0 Å². The van der Waals surface area contributed by atoms with E-state index in [0.717, 1.165) is 0 Å². The Morgan fingerprint density at radius 1 is 1.19 bits per heavy atom. The highest BCUT2D eigenvalue weighted by Crippen LogP contribution is 2.41. The van der Waals surface area contributed by atoms with Gasteiger partial charge in [0.25, 0.3) is 0 Å². The Kier molecular flexibility index (Phi) is 4.92. The van der Waals surface area contributed by atoms with Crippen LogP contribution in [-0.2, 0) is 4.74 Å². The Morgan fingerprint density at radius 2 is 1.86 bits per heavy atom. The van der Waals surface area contributed by atoms with E-state index in [9.17, 15) is 20.4 Å². The molecule has 0 amide bonds. The van der Waals surface area contributed by atoms with Gasteiger partial charge < -0.3 is 35.0 Å². The van der Waals surface area contributed by atoms with Crippen molar-refractivity contribution in [2.75, 3.05) is 13.7 Å². The molecule has 118 valence electrons. The van der Waals surface area contributed by atoms with Crippen LogP contribution in [0.3, 0.4) is 0 Å². The highest BCUT2D eigenvalue weighted by molar-refractivity contribution is 6.32. The summed E-state index contributed by atoms with van der Waals surface area (Å²) in [6.07, 6.45) is -6.75. The van der Waals surface area contributed by atoms with Crippen molar-refractivity contribution in [2.24, 2.45) is 0 Å². The topological polar surface area (TPSA) is 120 Å². The molecule has 1 aliphatic rings. The minimum atomic E-state index is -1.54. The number of halogens is 1. The maximum Gasteiger partial charge on any atom is 0.140 e. The highest BCUT2D eigenvalue weighted by atomic mass is 35.5. The van der Waals surface area contributed by atoms with Gasteiger partial charge in [-0.25, -0.2) is 0 Å². The normalized spacial score (nSPS) is 33.0. The van der Waals surface area contributed by atoms with E-state index in [1.807, 2.05) is 0 Å². The minimum Gasteiger partial charge on any atom is -0.506 e. The summed E-state index contributed by atoms with van der Waals surface area (Å²) in [7, 11) is 1.40. The number of hydrogen-bond acceptors (Lipinski definition) is 7. The van der Waals surface area contributed by atoms with E-state index < -0.39 is 37.1 Å². The molecular weight excluding hydrogens is 304 g/mol. The first-order valence-electron chi connectivity index (χ1n) is 6.27. The molecule has 1 fully saturated rings. The molecule has 0 bridgehead atoms. The van der Waals surface area contributed by atoms with Crippen molar-refractivity contribution in [1.29, 1.82) is 0 Å². The molecule has 1 aromatic rings. The summed E-state index contributed by atoms with van der Waals surface area (Å²) in [5.74, 6) is -0.00782. The quantitative estimate of drug-likeness (QED) is 0.512. The van der Waals surface area contributed by atoms with E-state index in [-0.39, 0.29) is 16.3 Å². The largest absolute Gasteiger partial charge is 0.506 e. The predicted molar refractivity (Wildman–Crippen MR) is 72.4 cm³/mol. The average Bonchev–Trinajstić information content (AvgIpc) is 2.48. The molecule has 0 aliphatic carbocycles. The molecule has 0 unspecified atom stereocenters. The van der Waals surface area contributed by atoms with Gasteiger partial charge in [-0.1, -0.05) is 11.6 Å². The number of phenolic OH excluding ortho intramolecular Hbond substituents is 1. The van der Waals surface area contributed by atoms with Crippen molar-refractivity contribution >= 4 is 11.6 Å². The molecule has 0 aromatic heterocycles. The van der Waals surface area contributed by atoms with Crippen molar-refractivity contribution in [1.82, 2.24) is 0 Å². The van der Waals surface area contributed by atoms with E-state index >= 15 is 0 Å². The van der Waals surface area contributed by atoms with Gasteiger partial charge in [0.1, 0.15) is 42.0 Å². The van der Waals surface area contributed by atoms with Gasteiger partial charge in [-0.15, -0.1) is 0 Å². The van der Waals surface area contributed by atoms with E-state index in [0.29, 0.717) is 5.75 Å². The zero-order valence-corrected chi connectivity index (χ0v) is 11.9. The van der Waals surface area contributed by atoms with Crippen LogP contribution in [0.4, 0.5) is 0 Å². The van der Waals surface area contributed by atoms with Crippen LogP contribution in [0.5, 0.6) is 11.5 Å². The van der Waals surface area contributed by atoms with E-state index in [2.05, 4.69) is 0 Å². The van der Waals surface area contributed by atoms with Crippen LogP contribution < -0.4 is 4.74 Å². The molecule has 2 rings (SSSR count). The second-order valence-corrected chi connectivity index (χ2v) is 5.20. The number of methoxy groups -OCH3 is 1. The van der Waals surface area contributed by atoms with Crippen molar-refractivity contribution in [3.05, 3.63) is 22.7 Å². The lowest BCUT2D eigenvalue weighted by Crippen LogP contribution is -2.55. The standard InChI is InChI=1S/C13H17ClO7/c1-20-5-2-6(9(16)7(14)3-5)13-12(19)11(18)10(17)8(4-15)21-13/h2-3,8,10-13,15-19H,4H2,1H3/t8-,10-,11+,12-,13+/m1/s1. The Balaban J connectivity index is 2.42. The molecule has 0 saturated carbocycles. The van der Waals surface area contributed by atoms with Crippen LogP contribution in [0.15, 0.2) is 12.1 Å². The Hall–Kier alpha value is -1.09. The Bertz CT molecular complexity index is 508. The fourth-order valence-corrected chi connectivity index (χ4v) is 2.50. The second-order valence-electron chi connectivity index (χ2n) is 4.80. The summed E-state index contributed by atoms with van der Waals surface area (Å²) in [6.45, 7) is -0.556. The SMILES string of the molecule is COc1cc(Cl)c(O)c([C@@H]2O[C@H](CO)[C@@H](O)[C@H](O)[C@H]2O)c1. The molecule has 7 nitrogen and oxygen atoms in total. The number of aliphatic hydroxyl groups is 4. The van der Waals surface area contributed by atoms with Gasteiger partial charge in [-0.05, 0) is 6.07 Å². The Morgan fingerprint density at radius 3 is 2.43 bits per heavy atom. The molecule has 1 aromatic carbocycles. The maximum atomic E-state index is 10.0. The zero-order valence-electron chi connectivity index (χ0n) is 11.2. The lowest BCUT2D eigenvalue weighted by molar-refractivity contribution is -0.232. The number of ether oxygens (including phenoxy) is 2. The Labute approximate surface area is 125 Å². The molecule has 1 aliphatic heterocycles. The molecule has 1 heterocycles. The van der Waals surface area contributed by atoms with Crippen molar-refractivity contribution < 1.29 is 35.0 Å². The maximum absolute atomic E-state index is 10.0. The smallest absolute Gasteiger partial charge is 0.140 e. The predicted octanol–water partition coefficient (Wildman–Crippen LogP) is -0.431. The van der Waals surface area contributed by atoms with Gasteiger partial charge in [-0.2, -0.15) is 0 Å². The summed E-state index contributed by atoms with van der Waals surface area (Å²) in [5, 5.41) is 48.7. The van der Waals surface area contributed by atoms with Crippen molar-refractivity contribution in [3.8, 4) is 11.5 Å². The second kappa shape index (κ2) is 6.35. The summed E-state index contributed by atoms with van der Waals surface area (Å²) in [6, 6.07) is 2.78. The number of rotatable bonds is 3. The fourth-order valence-electron chi connectivity index (χ4n) is 2.29. The van der Waals surface area contributed by atoms with Crippen molar-refractivity contribution in [2.45, 2.75) is 30.5 Å². The van der Waals surface area contributed by atoms with E-state index in [4.69, 9.17) is 26.2 Å². The summed E-state index contributed by atoms with van der Waals surface area (Å²) in [4.78, 5) is 0. The number of aliphatic hydroxyl groups excluding tert-OH is 4. The van der Waals surface area contributed by atoms with E-state index in [1.165, 1.54) is 19.2 Å². The van der Waals surface area contributed by atoms with Crippen LogP contribution in [0.2, 0.25) is 5.02 Å². The number of hydrogen-bond donors (Lipinski definition) is 5. The number of benzene rings is 1. The molecule has 0 radical (unpaired) electrons. The molecule has 0 spiro atoms. The molecular formula is C13H17ClO7. The van der Waals surface area contributed by atoms with E-state index in [1.54, 1.807) is 0 Å². The highest BCUT2D eigenvalue weighted by Gasteiger charge is 2.45. The van der Waals surface area contributed by atoms with Gasteiger partial charge in [-0.3, -0.25) is 0 Å². The number of phenols is 1. The fraction of sp³-hybridized carbons (Fsp3) is 0.538. The first kappa shape index (κ1) is 16.3. The van der Waals surface area contributed by atoms with Gasteiger partial charge in [0.2, 0.25) is 0 Å². The van der Waals surface area contributed by atoms with Gasteiger partial charge in [0, 0.05) is 11.6 Å². The summed E-state index contributed by atoms with van der Waals surface area (Å²) >= 11 is 5.87. The molecule has 21 heavy (non-hydrogen) atoms. The van der Waals surface area contributed by atoms with Crippen LogP contribution in [0.1, 0.15) is 11.7 Å². The monoisotopic (exact) mass is 320 g/mol. The lowest BCUT2D eigenvalue weighted by atomic mass is 9.91. The first-order valence-corrected chi connectivity index (χ1v) is 6.65. The molecule has 5 N–H and O–H groups in total.